The van der Waals surface area contributed by atoms with Gasteiger partial charge in [0.05, 0.1) is 5.56 Å². The molecule has 0 amide bonds. The summed E-state index contributed by atoms with van der Waals surface area (Å²) in [7, 11) is 0. The third kappa shape index (κ3) is 2.74. The number of rotatable bonds is 2. The molecule has 0 atom stereocenters. The second kappa shape index (κ2) is 5.33. The Hall–Kier alpha value is -2.56. The smallest absolute Gasteiger partial charge is 0.422 e. The molecule has 0 aliphatic heterocycles. The first-order valence-corrected chi connectivity index (χ1v) is 6.60. The summed E-state index contributed by atoms with van der Waals surface area (Å²) in [5, 5.41) is 3.10. The third-order valence-electron chi connectivity index (χ3n) is 3.35. The van der Waals surface area contributed by atoms with E-state index in [1.54, 1.807) is 18.2 Å². The van der Waals surface area contributed by atoms with Crippen LogP contribution in [0.5, 0.6) is 0 Å². The van der Waals surface area contributed by atoms with Crippen LogP contribution in [0.4, 0.5) is 13.2 Å². The predicted molar refractivity (Wildman–Crippen MR) is 77.8 cm³/mol. The number of carbonyl (C=O) groups is 1. The van der Waals surface area contributed by atoms with Crippen molar-refractivity contribution < 1.29 is 22.7 Å². The molecule has 112 valence electrons. The van der Waals surface area contributed by atoms with Crippen LogP contribution < -0.4 is 0 Å². The van der Waals surface area contributed by atoms with Crippen LogP contribution in [0.3, 0.4) is 0 Å². The molecule has 0 saturated carbocycles. The standard InChI is InChI=1S/C17H11F3O2/c18-17(19,20)10-22-16(21)15-9-11-5-1-2-6-12(11)13-7-3-4-8-14(13)15/h1-9H,10H2. The molecular formula is C17H11F3O2. The van der Waals surface area contributed by atoms with Gasteiger partial charge in [0.1, 0.15) is 0 Å². The molecule has 0 saturated heterocycles. The molecule has 3 aromatic carbocycles. The molecule has 0 radical (unpaired) electrons. The van der Waals surface area contributed by atoms with E-state index in [1.165, 1.54) is 0 Å². The van der Waals surface area contributed by atoms with Crippen molar-refractivity contribution >= 4 is 27.5 Å². The summed E-state index contributed by atoms with van der Waals surface area (Å²) in [5.41, 5.74) is 0.138. The zero-order chi connectivity index (χ0) is 15.7. The van der Waals surface area contributed by atoms with Gasteiger partial charge in [-0.15, -0.1) is 0 Å². The summed E-state index contributed by atoms with van der Waals surface area (Å²) in [6, 6.07) is 16.0. The number of hydrogen-bond acceptors (Lipinski definition) is 2. The number of hydrogen-bond donors (Lipinski definition) is 0. The maximum atomic E-state index is 12.2. The van der Waals surface area contributed by atoms with Crippen LogP contribution in [0.15, 0.2) is 54.6 Å². The molecule has 0 aliphatic carbocycles. The van der Waals surface area contributed by atoms with Gasteiger partial charge in [-0.3, -0.25) is 0 Å². The summed E-state index contributed by atoms with van der Waals surface area (Å²) in [6.07, 6.45) is -4.54. The van der Waals surface area contributed by atoms with Crippen molar-refractivity contribution in [1.82, 2.24) is 0 Å². The molecule has 0 heterocycles. The topological polar surface area (TPSA) is 26.3 Å². The van der Waals surface area contributed by atoms with Crippen LogP contribution in [-0.4, -0.2) is 18.8 Å². The molecule has 0 bridgehead atoms. The van der Waals surface area contributed by atoms with E-state index in [2.05, 4.69) is 4.74 Å². The number of alkyl halides is 3. The molecule has 0 N–H and O–H groups in total. The zero-order valence-corrected chi connectivity index (χ0v) is 11.4. The van der Waals surface area contributed by atoms with Crippen molar-refractivity contribution in [2.75, 3.05) is 6.61 Å². The largest absolute Gasteiger partial charge is 0.452 e. The van der Waals surface area contributed by atoms with Gasteiger partial charge in [0.25, 0.3) is 0 Å². The predicted octanol–water partition coefficient (Wildman–Crippen LogP) is 4.71. The fourth-order valence-electron chi connectivity index (χ4n) is 2.45. The van der Waals surface area contributed by atoms with Crippen molar-refractivity contribution in [3.63, 3.8) is 0 Å². The van der Waals surface area contributed by atoms with E-state index < -0.39 is 18.8 Å². The van der Waals surface area contributed by atoms with Crippen molar-refractivity contribution in [1.29, 1.82) is 0 Å². The Morgan fingerprint density at radius 2 is 1.50 bits per heavy atom. The molecule has 3 rings (SSSR count). The maximum absolute atomic E-state index is 12.2. The Morgan fingerprint density at radius 1 is 0.909 bits per heavy atom. The first-order chi connectivity index (χ1) is 10.5. The number of carbonyl (C=O) groups excluding carboxylic acids is 1. The van der Waals surface area contributed by atoms with Gasteiger partial charge in [0.15, 0.2) is 6.61 Å². The van der Waals surface area contributed by atoms with Crippen LogP contribution in [0.1, 0.15) is 10.4 Å². The normalized spacial score (nSPS) is 11.8. The lowest BCUT2D eigenvalue weighted by molar-refractivity contribution is -0.161. The number of halogens is 3. The number of benzene rings is 3. The lowest BCUT2D eigenvalue weighted by atomic mass is 9.97. The lowest BCUT2D eigenvalue weighted by Crippen LogP contribution is -2.20. The average molecular weight is 304 g/mol. The van der Waals surface area contributed by atoms with Crippen molar-refractivity contribution in [2.45, 2.75) is 6.18 Å². The van der Waals surface area contributed by atoms with Crippen LogP contribution in [0, 0.1) is 0 Å². The highest BCUT2D eigenvalue weighted by atomic mass is 19.4. The number of fused-ring (bicyclic) bond motifs is 3. The van der Waals surface area contributed by atoms with Gasteiger partial charge in [-0.25, -0.2) is 4.79 Å². The Kier molecular flexibility index (Phi) is 3.48. The molecule has 0 fully saturated rings. The van der Waals surface area contributed by atoms with Gasteiger partial charge in [-0.05, 0) is 27.6 Å². The Balaban J connectivity index is 2.13. The summed E-state index contributed by atoms with van der Waals surface area (Å²) < 4.78 is 41.0. The van der Waals surface area contributed by atoms with Crippen molar-refractivity contribution in [3.05, 3.63) is 60.2 Å². The highest BCUT2D eigenvalue weighted by molar-refractivity contribution is 6.15. The van der Waals surface area contributed by atoms with Gasteiger partial charge in [0.2, 0.25) is 0 Å². The molecule has 0 spiro atoms. The van der Waals surface area contributed by atoms with Crippen LogP contribution in [0.25, 0.3) is 21.5 Å². The average Bonchev–Trinajstić information content (AvgIpc) is 2.51. The van der Waals surface area contributed by atoms with Gasteiger partial charge >= 0.3 is 12.1 Å². The number of esters is 1. The second-order valence-electron chi connectivity index (χ2n) is 4.88. The fraction of sp³-hybridized carbons (Fsp3) is 0.118. The third-order valence-corrected chi connectivity index (χ3v) is 3.35. The maximum Gasteiger partial charge on any atom is 0.422 e. The fourth-order valence-corrected chi connectivity index (χ4v) is 2.45. The number of ether oxygens (including phenoxy) is 1. The van der Waals surface area contributed by atoms with Crippen molar-refractivity contribution in [2.24, 2.45) is 0 Å². The summed E-state index contributed by atoms with van der Waals surface area (Å²) in [4.78, 5) is 12.0. The molecule has 22 heavy (non-hydrogen) atoms. The quantitative estimate of drug-likeness (QED) is 0.506. The van der Waals surface area contributed by atoms with Crippen LogP contribution in [0.2, 0.25) is 0 Å². The van der Waals surface area contributed by atoms with E-state index in [0.717, 1.165) is 16.2 Å². The van der Waals surface area contributed by atoms with E-state index >= 15 is 0 Å². The van der Waals surface area contributed by atoms with E-state index in [4.69, 9.17) is 0 Å². The molecule has 0 aromatic heterocycles. The van der Waals surface area contributed by atoms with Crippen LogP contribution in [-0.2, 0) is 4.74 Å². The first kappa shape index (κ1) is 14.4. The molecular weight excluding hydrogens is 293 g/mol. The highest BCUT2D eigenvalue weighted by Gasteiger charge is 2.30. The monoisotopic (exact) mass is 304 g/mol. The van der Waals surface area contributed by atoms with E-state index in [-0.39, 0.29) is 5.56 Å². The minimum absolute atomic E-state index is 0.138. The Labute approximate surface area is 124 Å². The SMILES string of the molecule is O=C(OCC(F)(F)F)c1cc2ccccc2c2ccccc12. The molecule has 3 aromatic rings. The van der Waals surface area contributed by atoms with Crippen molar-refractivity contribution in [3.8, 4) is 0 Å². The van der Waals surface area contributed by atoms with Crippen LogP contribution >= 0.6 is 0 Å². The first-order valence-electron chi connectivity index (χ1n) is 6.60. The van der Waals surface area contributed by atoms with E-state index in [0.29, 0.717) is 5.39 Å². The van der Waals surface area contributed by atoms with Gasteiger partial charge in [-0.1, -0.05) is 48.5 Å². The Bertz CT molecular complexity index is 853. The summed E-state index contributed by atoms with van der Waals surface area (Å²) in [5.74, 6) is -0.973. The zero-order valence-electron chi connectivity index (χ0n) is 11.4. The minimum Gasteiger partial charge on any atom is -0.452 e. The lowest BCUT2D eigenvalue weighted by Gasteiger charge is -2.11. The second-order valence-corrected chi connectivity index (χ2v) is 4.88. The van der Waals surface area contributed by atoms with E-state index in [9.17, 15) is 18.0 Å². The van der Waals surface area contributed by atoms with Gasteiger partial charge in [0, 0.05) is 0 Å². The highest BCUT2D eigenvalue weighted by Crippen LogP contribution is 2.29. The summed E-state index contributed by atoms with van der Waals surface area (Å²) >= 11 is 0. The molecule has 5 heteroatoms. The summed E-state index contributed by atoms with van der Waals surface area (Å²) in [6.45, 7) is -1.59. The molecule has 0 aliphatic rings. The Morgan fingerprint density at radius 3 is 2.18 bits per heavy atom. The molecule has 2 nitrogen and oxygen atoms in total. The minimum atomic E-state index is -4.54. The van der Waals surface area contributed by atoms with Gasteiger partial charge < -0.3 is 4.74 Å². The van der Waals surface area contributed by atoms with E-state index in [1.807, 2.05) is 36.4 Å². The van der Waals surface area contributed by atoms with Gasteiger partial charge in [-0.2, -0.15) is 13.2 Å². The molecule has 0 unspecified atom stereocenters.